The fourth-order valence-corrected chi connectivity index (χ4v) is 5.71. The van der Waals surface area contributed by atoms with Gasteiger partial charge in [-0.3, -0.25) is 4.79 Å². The molecule has 8 nitrogen and oxygen atoms in total. The largest absolute Gasteiger partial charge is 0.481 e. The van der Waals surface area contributed by atoms with Crippen LogP contribution in [0.3, 0.4) is 0 Å². The molecule has 39 heavy (non-hydrogen) atoms. The van der Waals surface area contributed by atoms with E-state index in [1.807, 2.05) is 37.3 Å². The Labute approximate surface area is 230 Å². The number of carbonyl (C=O) groups excluding carboxylic acids is 1. The zero-order valence-corrected chi connectivity index (χ0v) is 22.8. The first kappa shape index (κ1) is 30.6. The number of ether oxygens (including phenoxy) is 2. The lowest BCUT2D eigenvalue weighted by Gasteiger charge is -2.43. The number of aliphatic hydroxyl groups is 3. The lowest BCUT2D eigenvalue weighted by atomic mass is 9.66. The molecule has 2 aliphatic carbocycles. The Morgan fingerprint density at radius 1 is 1.21 bits per heavy atom. The quantitative estimate of drug-likeness (QED) is 0.205. The third kappa shape index (κ3) is 8.52. The third-order valence-electron chi connectivity index (χ3n) is 7.67. The Morgan fingerprint density at radius 3 is 2.64 bits per heavy atom. The molecule has 0 bridgehead atoms. The van der Waals surface area contributed by atoms with Crippen molar-refractivity contribution in [2.75, 3.05) is 0 Å². The first-order chi connectivity index (χ1) is 18.6. The number of aliphatic hydroxyl groups excluding tert-OH is 3. The number of rotatable bonds is 14. The summed E-state index contributed by atoms with van der Waals surface area (Å²) in [4.78, 5) is 24.2. The molecule has 8 atom stereocenters. The van der Waals surface area contributed by atoms with Gasteiger partial charge in [-0.2, -0.15) is 0 Å². The van der Waals surface area contributed by atoms with Crippen molar-refractivity contribution in [1.82, 2.24) is 0 Å². The summed E-state index contributed by atoms with van der Waals surface area (Å²) in [5.41, 5.74) is 1.83. The summed E-state index contributed by atoms with van der Waals surface area (Å²) in [6.07, 6.45) is 5.32. The lowest BCUT2D eigenvalue weighted by Crippen LogP contribution is -2.44. The second-order valence-corrected chi connectivity index (χ2v) is 10.7. The molecule has 2 aliphatic rings. The minimum absolute atomic E-state index is 0.0173. The average molecular weight is 543 g/mol. The monoisotopic (exact) mass is 542 g/mol. The molecule has 8 heteroatoms. The maximum absolute atomic E-state index is 13.4. The maximum atomic E-state index is 13.4. The van der Waals surface area contributed by atoms with Gasteiger partial charge in [0, 0.05) is 12.3 Å². The van der Waals surface area contributed by atoms with Crippen LogP contribution in [-0.2, 0) is 20.7 Å². The summed E-state index contributed by atoms with van der Waals surface area (Å²) in [7, 11) is 0. The normalized spacial score (nSPS) is 26.5. The summed E-state index contributed by atoms with van der Waals surface area (Å²) in [5, 5.41) is 39.8. The van der Waals surface area contributed by atoms with E-state index in [2.05, 4.69) is 19.6 Å². The van der Waals surface area contributed by atoms with Crippen molar-refractivity contribution in [3.63, 3.8) is 0 Å². The van der Waals surface area contributed by atoms with Crippen molar-refractivity contribution in [3.05, 3.63) is 66.3 Å². The van der Waals surface area contributed by atoms with Crippen LogP contribution in [-0.4, -0.2) is 62.9 Å². The number of allylic oxidation sites excluding steroid dienone is 3. The third-order valence-corrected chi connectivity index (χ3v) is 7.67. The van der Waals surface area contributed by atoms with E-state index in [9.17, 15) is 24.9 Å². The fourth-order valence-electron chi connectivity index (χ4n) is 5.71. The average Bonchev–Trinajstić information content (AvgIpc) is 2.87. The highest BCUT2D eigenvalue weighted by Crippen LogP contribution is 2.44. The minimum Gasteiger partial charge on any atom is -0.481 e. The van der Waals surface area contributed by atoms with E-state index in [0.29, 0.717) is 31.4 Å². The summed E-state index contributed by atoms with van der Waals surface area (Å²) in [5.74, 6) is -1.01. The van der Waals surface area contributed by atoms with Gasteiger partial charge in [-0.1, -0.05) is 56.4 Å². The van der Waals surface area contributed by atoms with Gasteiger partial charge in [0.05, 0.1) is 24.7 Å². The molecule has 0 aromatic heterocycles. The van der Waals surface area contributed by atoms with Crippen molar-refractivity contribution in [1.29, 1.82) is 0 Å². The van der Waals surface area contributed by atoms with Gasteiger partial charge in [0.2, 0.25) is 0 Å². The number of carboxylic acid groups (broad SMARTS) is 1. The summed E-state index contributed by atoms with van der Waals surface area (Å²) in [6.45, 7) is 7.72. The van der Waals surface area contributed by atoms with E-state index >= 15 is 0 Å². The summed E-state index contributed by atoms with van der Waals surface area (Å²) < 4.78 is 12.2. The second kappa shape index (κ2) is 14.4. The molecule has 0 spiro atoms. The molecule has 8 unspecified atom stereocenters. The molecule has 0 radical (unpaired) electrons. The van der Waals surface area contributed by atoms with Gasteiger partial charge in [-0.05, 0) is 61.1 Å². The van der Waals surface area contributed by atoms with Gasteiger partial charge in [0.25, 0.3) is 0 Å². The molecule has 0 amide bonds. The van der Waals surface area contributed by atoms with Crippen LogP contribution in [0.15, 0.2) is 60.7 Å². The zero-order chi connectivity index (χ0) is 28.5. The van der Waals surface area contributed by atoms with Crippen LogP contribution in [0, 0.1) is 17.8 Å². The molecule has 4 N–H and O–H groups in total. The van der Waals surface area contributed by atoms with Crippen LogP contribution in [0.25, 0.3) is 0 Å². The molecule has 0 aliphatic heterocycles. The van der Waals surface area contributed by atoms with Crippen LogP contribution < -0.4 is 4.74 Å². The number of hydrogen-bond acceptors (Lipinski definition) is 7. The van der Waals surface area contributed by atoms with E-state index in [0.717, 1.165) is 11.1 Å². The predicted molar refractivity (Wildman–Crippen MR) is 147 cm³/mol. The van der Waals surface area contributed by atoms with Gasteiger partial charge in [0.1, 0.15) is 11.9 Å². The number of carboxylic acids is 1. The molecule has 0 fully saturated rings. The van der Waals surface area contributed by atoms with Crippen LogP contribution in [0.1, 0.15) is 57.9 Å². The van der Waals surface area contributed by atoms with Crippen molar-refractivity contribution >= 4 is 11.9 Å². The highest BCUT2D eigenvalue weighted by Gasteiger charge is 2.42. The van der Waals surface area contributed by atoms with E-state index < -0.39 is 48.9 Å². The number of carbonyl (C=O) groups is 2. The van der Waals surface area contributed by atoms with Crippen molar-refractivity contribution in [2.45, 2.75) is 89.3 Å². The Morgan fingerprint density at radius 2 is 1.95 bits per heavy atom. The number of fused-ring (bicyclic) bond motifs is 1. The molecule has 0 saturated heterocycles. The Bertz CT molecular complexity index is 1050. The van der Waals surface area contributed by atoms with Crippen LogP contribution >= 0.6 is 0 Å². The van der Waals surface area contributed by atoms with Gasteiger partial charge < -0.3 is 29.9 Å². The minimum atomic E-state index is -1.11. The molecule has 0 saturated carbocycles. The predicted octanol–water partition coefficient (Wildman–Crippen LogP) is 3.98. The maximum Gasteiger partial charge on any atom is 0.347 e. The lowest BCUT2D eigenvalue weighted by molar-refractivity contribution is -0.163. The van der Waals surface area contributed by atoms with Crippen LogP contribution in [0.2, 0.25) is 0 Å². The first-order valence-corrected chi connectivity index (χ1v) is 13.8. The van der Waals surface area contributed by atoms with E-state index in [4.69, 9.17) is 14.6 Å². The number of para-hydroxylation sites is 1. The van der Waals surface area contributed by atoms with E-state index in [1.165, 1.54) is 0 Å². The molecule has 1 aromatic rings. The molecule has 1 aromatic carbocycles. The van der Waals surface area contributed by atoms with E-state index in [1.54, 1.807) is 12.2 Å². The van der Waals surface area contributed by atoms with Crippen LogP contribution in [0.5, 0.6) is 5.75 Å². The number of hydrogen-bond donors (Lipinski definition) is 4. The van der Waals surface area contributed by atoms with Crippen LogP contribution in [0.4, 0.5) is 0 Å². The number of aliphatic carboxylic acids is 1. The highest BCUT2D eigenvalue weighted by atomic mass is 16.6. The molecule has 3 rings (SSSR count). The second-order valence-electron chi connectivity index (χ2n) is 10.7. The van der Waals surface area contributed by atoms with Gasteiger partial charge in [-0.15, -0.1) is 6.58 Å². The number of benzene rings is 1. The SMILES string of the molecule is C=CCc1ccccc1OC(CC)C(=O)OC1CC(O)C=C2C=CC(C)C(CCC(O)CC(O)CC(=O)O)C21. The van der Waals surface area contributed by atoms with Crippen molar-refractivity contribution < 1.29 is 39.5 Å². The molecule has 214 valence electrons. The fraction of sp³-hybridized carbons (Fsp3) is 0.548. The first-order valence-electron chi connectivity index (χ1n) is 13.8. The summed E-state index contributed by atoms with van der Waals surface area (Å²) in [6, 6.07) is 7.51. The van der Waals surface area contributed by atoms with Gasteiger partial charge in [0.15, 0.2) is 6.10 Å². The summed E-state index contributed by atoms with van der Waals surface area (Å²) >= 11 is 0. The zero-order valence-electron chi connectivity index (χ0n) is 22.8. The topological polar surface area (TPSA) is 134 Å². The highest BCUT2D eigenvalue weighted by molar-refractivity contribution is 5.75. The van der Waals surface area contributed by atoms with Crippen molar-refractivity contribution in [2.24, 2.45) is 17.8 Å². The van der Waals surface area contributed by atoms with Gasteiger partial charge in [-0.25, -0.2) is 4.79 Å². The molecular weight excluding hydrogens is 500 g/mol. The van der Waals surface area contributed by atoms with Crippen molar-refractivity contribution in [3.8, 4) is 5.75 Å². The number of esters is 1. The Balaban J connectivity index is 1.72. The Hall–Kier alpha value is -2.94. The molecule has 0 heterocycles. The molecular formula is C31H42O8. The van der Waals surface area contributed by atoms with E-state index in [-0.39, 0.29) is 30.6 Å². The Kier molecular flexibility index (Phi) is 11.3. The van der Waals surface area contributed by atoms with Gasteiger partial charge >= 0.3 is 11.9 Å². The standard InChI is InChI=1S/C31H42O8/c1-4-8-20-9-6-7-10-27(20)38-26(5-2)31(37)39-28-17-23(33)15-21-12-11-19(3)25(30(21)28)14-13-22(32)16-24(34)18-29(35)36/h4,6-7,9-12,15,19,22-26,28,30,32-34H,1,5,8,13-14,16-18H2,2-3H3,(H,35,36). The smallest absolute Gasteiger partial charge is 0.347 e.